The number of carbonyl (C=O) groups excluding carboxylic acids is 2. The molecule has 0 aliphatic carbocycles. The van der Waals surface area contributed by atoms with Crippen molar-refractivity contribution in [1.82, 2.24) is 5.16 Å². The molecule has 0 aliphatic heterocycles. The summed E-state index contributed by atoms with van der Waals surface area (Å²) in [6.45, 7) is 3.45. The summed E-state index contributed by atoms with van der Waals surface area (Å²) in [6, 6.07) is 5.55. The Morgan fingerprint density at radius 1 is 1.32 bits per heavy atom. The van der Waals surface area contributed by atoms with Crippen molar-refractivity contribution in [3.05, 3.63) is 46.9 Å². The largest absolute Gasteiger partial charge is 0.462 e. The summed E-state index contributed by atoms with van der Waals surface area (Å²) < 4.78 is 22.6. The minimum Gasteiger partial charge on any atom is -0.462 e. The molecule has 0 spiro atoms. The lowest BCUT2D eigenvalue weighted by atomic mass is 10.1. The lowest BCUT2D eigenvalue weighted by Gasteiger charge is -2.05. The number of rotatable bonds is 5. The Labute approximate surface area is 126 Å². The maximum absolute atomic E-state index is 12.8. The Balaban J connectivity index is 2.08. The van der Waals surface area contributed by atoms with Crippen molar-refractivity contribution in [2.45, 2.75) is 20.3 Å². The highest BCUT2D eigenvalue weighted by atomic mass is 19.1. The van der Waals surface area contributed by atoms with Crippen molar-refractivity contribution in [3.63, 3.8) is 0 Å². The molecule has 1 aromatic carbocycles. The number of aromatic nitrogens is 1. The van der Waals surface area contributed by atoms with Crippen LogP contribution in [0.15, 0.2) is 28.8 Å². The molecule has 0 fully saturated rings. The first-order valence-corrected chi connectivity index (χ1v) is 6.69. The normalized spacial score (nSPS) is 10.3. The lowest BCUT2D eigenvalue weighted by Crippen LogP contribution is -2.17. The molecule has 0 atom stereocenters. The molecule has 0 saturated carbocycles. The number of hydrogen-bond donors (Lipinski definition) is 1. The molecule has 2 aromatic rings. The number of nitrogens with zero attached hydrogens (tertiary/aromatic N) is 1. The number of nitrogens with one attached hydrogen (secondary N) is 1. The fourth-order valence-electron chi connectivity index (χ4n) is 1.86. The highest BCUT2D eigenvalue weighted by Crippen LogP contribution is 2.20. The fourth-order valence-corrected chi connectivity index (χ4v) is 1.86. The molecule has 116 valence electrons. The molecule has 1 heterocycles. The van der Waals surface area contributed by atoms with Crippen LogP contribution in [0.5, 0.6) is 0 Å². The first-order chi connectivity index (χ1) is 10.5. The monoisotopic (exact) mass is 306 g/mol. The second-order valence-corrected chi connectivity index (χ2v) is 4.54. The Morgan fingerprint density at radius 2 is 2.00 bits per heavy atom. The SMILES string of the molecule is CCOC(=O)c1c(C)noc1NC(=O)Cc1ccc(F)cc1. The van der Waals surface area contributed by atoms with Crippen molar-refractivity contribution in [1.29, 1.82) is 0 Å². The van der Waals surface area contributed by atoms with Crippen LogP contribution in [-0.4, -0.2) is 23.6 Å². The van der Waals surface area contributed by atoms with Gasteiger partial charge in [-0.3, -0.25) is 10.1 Å². The van der Waals surface area contributed by atoms with Gasteiger partial charge >= 0.3 is 5.97 Å². The van der Waals surface area contributed by atoms with Crippen LogP contribution in [0.3, 0.4) is 0 Å². The third-order valence-corrected chi connectivity index (χ3v) is 2.87. The van der Waals surface area contributed by atoms with Gasteiger partial charge in [0.2, 0.25) is 11.8 Å². The van der Waals surface area contributed by atoms with E-state index < -0.39 is 11.9 Å². The Hall–Kier alpha value is -2.70. The molecule has 1 aromatic heterocycles. The second-order valence-electron chi connectivity index (χ2n) is 4.54. The van der Waals surface area contributed by atoms with Crippen LogP contribution in [0.4, 0.5) is 10.3 Å². The summed E-state index contributed by atoms with van der Waals surface area (Å²) in [5.74, 6) is -1.45. The number of hydrogen-bond acceptors (Lipinski definition) is 5. The zero-order chi connectivity index (χ0) is 16.1. The standard InChI is InChI=1S/C15H15FN2O4/c1-3-21-15(20)13-9(2)18-22-14(13)17-12(19)8-10-4-6-11(16)7-5-10/h4-7H,3,8H2,1-2H3,(H,17,19). The van der Waals surface area contributed by atoms with E-state index >= 15 is 0 Å². The number of amides is 1. The van der Waals surface area contributed by atoms with E-state index in [1.807, 2.05) is 0 Å². The molecular formula is C15H15FN2O4. The average Bonchev–Trinajstić information content (AvgIpc) is 2.82. The summed E-state index contributed by atoms with van der Waals surface area (Å²) in [4.78, 5) is 23.8. The molecule has 0 bridgehead atoms. The predicted octanol–water partition coefficient (Wildman–Crippen LogP) is 2.48. The minimum absolute atomic E-state index is 0.0162. The van der Waals surface area contributed by atoms with E-state index in [9.17, 15) is 14.0 Å². The van der Waals surface area contributed by atoms with Crippen molar-refractivity contribution in [2.24, 2.45) is 0 Å². The number of carbonyl (C=O) groups is 2. The number of aryl methyl sites for hydroxylation is 1. The van der Waals surface area contributed by atoms with E-state index in [-0.39, 0.29) is 30.3 Å². The van der Waals surface area contributed by atoms with Crippen LogP contribution in [0.1, 0.15) is 28.5 Å². The van der Waals surface area contributed by atoms with Crippen molar-refractivity contribution < 1.29 is 23.2 Å². The van der Waals surface area contributed by atoms with Crippen LogP contribution in [0.25, 0.3) is 0 Å². The number of benzene rings is 1. The molecule has 0 saturated heterocycles. The fraction of sp³-hybridized carbons (Fsp3) is 0.267. The average molecular weight is 306 g/mol. The molecule has 7 heteroatoms. The highest BCUT2D eigenvalue weighted by Gasteiger charge is 2.23. The van der Waals surface area contributed by atoms with Gasteiger partial charge in [0.05, 0.1) is 18.7 Å². The summed E-state index contributed by atoms with van der Waals surface area (Å²) in [7, 11) is 0. The zero-order valence-corrected chi connectivity index (χ0v) is 12.2. The molecule has 2 rings (SSSR count). The summed E-state index contributed by atoms with van der Waals surface area (Å²) in [5.41, 5.74) is 1.05. The highest BCUT2D eigenvalue weighted by molar-refractivity contribution is 6.00. The number of halogens is 1. The van der Waals surface area contributed by atoms with E-state index in [4.69, 9.17) is 9.26 Å². The van der Waals surface area contributed by atoms with Crippen molar-refractivity contribution in [2.75, 3.05) is 11.9 Å². The third kappa shape index (κ3) is 3.69. The van der Waals surface area contributed by atoms with Crippen LogP contribution in [0.2, 0.25) is 0 Å². The molecular weight excluding hydrogens is 291 g/mol. The van der Waals surface area contributed by atoms with Gasteiger partial charge in [0, 0.05) is 0 Å². The van der Waals surface area contributed by atoms with E-state index in [0.717, 1.165) is 0 Å². The van der Waals surface area contributed by atoms with Gasteiger partial charge < -0.3 is 9.26 Å². The van der Waals surface area contributed by atoms with Gasteiger partial charge in [-0.1, -0.05) is 17.3 Å². The van der Waals surface area contributed by atoms with Gasteiger partial charge in [-0.15, -0.1) is 0 Å². The van der Waals surface area contributed by atoms with E-state index in [1.165, 1.54) is 24.3 Å². The van der Waals surface area contributed by atoms with Gasteiger partial charge in [-0.2, -0.15) is 0 Å². The quantitative estimate of drug-likeness (QED) is 0.858. The van der Waals surface area contributed by atoms with Crippen LogP contribution < -0.4 is 5.32 Å². The smallest absolute Gasteiger partial charge is 0.345 e. The third-order valence-electron chi connectivity index (χ3n) is 2.87. The number of ether oxygens (including phenoxy) is 1. The molecule has 1 amide bonds. The molecule has 0 aliphatic rings. The maximum atomic E-state index is 12.8. The van der Waals surface area contributed by atoms with Crippen molar-refractivity contribution in [3.8, 4) is 0 Å². The number of esters is 1. The molecule has 6 nitrogen and oxygen atoms in total. The summed E-state index contributed by atoms with van der Waals surface area (Å²) in [5, 5.41) is 6.12. The second kappa shape index (κ2) is 6.84. The molecule has 0 unspecified atom stereocenters. The van der Waals surface area contributed by atoms with E-state index in [2.05, 4.69) is 10.5 Å². The number of anilines is 1. The summed E-state index contributed by atoms with van der Waals surface area (Å²) in [6.07, 6.45) is 0.0162. The van der Waals surface area contributed by atoms with Crippen LogP contribution >= 0.6 is 0 Å². The van der Waals surface area contributed by atoms with Gasteiger partial charge in [-0.05, 0) is 31.5 Å². The molecule has 22 heavy (non-hydrogen) atoms. The van der Waals surface area contributed by atoms with E-state index in [0.29, 0.717) is 11.3 Å². The van der Waals surface area contributed by atoms with Crippen molar-refractivity contribution >= 4 is 17.8 Å². The Morgan fingerprint density at radius 3 is 2.64 bits per heavy atom. The first kappa shape index (κ1) is 15.7. The van der Waals surface area contributed by atoms with Gasteiger partial charge in [0.15, 0.2) is 0 Å². The van der Waals surface area contributed by atoms with Crippen LogP contribution in [0, 0.1) is 12.7 Å². The lowest BCUT2D eigenvalue weighted by molar-refractivity contribution is -0.115. The first-order valence-electron chi connectivity index (χ1n) is 6.69. The Kier molecular flexibility index (Phi) is 4.88. The zero-order valence-electron chi connectivity index (χ0n) is 12.2. The molecule has 1 N–H and O–H groups in total. The van der Waals surface area contributed by atoms with E-state index in [1.54, 1.807) is 13.8 Å². The topological polar surface area (TPSA) is 81.4 Å². The minimum atomic E-state index is -0.613. The van der Waals surface area contributed by atoms with Crippen LogP contribution in [-0.2, 0) is 16.0 Å². The maximum Gasteiger partial charge on any atom is 0.345 e. The summed E-state index contributed by atoms with van der Waals surface area (Å²) >= 11 is 0. The van der Waals surface area contributed by atoms with Gasteiger partial charge in [0.1, 0.15) is 11.4 Å². The molecule has 0 radical (unpaired) electrons. The van der Waals surface area contributed by atoms with Gasteiger partial charge in [0.25, 0.3) is 0 Å². The predicted molar refractivity (Wildman–Crippen MR) is 75.9 cm³/mol. The Bertz CT molecular complexity index is 679. The van der Waals surface area contributed by atoms with Gasteiger partial charge in [-0.25, -0.2) is 9.18 Å².